The lowest BCUT2D eigenvalue weighted by Crippen LogP contribution is -2.50. The van der Waals surface area contributed by atoms with E-state index in [1.807, 2.05) is 13.8 Å². The molecule has 1 atom stereocenters. The van der Waals surface area contributed by atoms with Gasteiger partial charge in [0.25, 0.3) is 0 Å². The zero-order valence-corrected chi connectivity index (χ0v) is 17.5. The van der Waals surface area contributed by atoms with Crippen LogP contribution in [0.5, 0.6) is 0 Å². The number of sulfonamides is 1. The summed E-state index contributed by atoms with van der Waals surface area (Å²) >= 11 is 0. The highest BCUT2D eigenvalue weighted by Gasteiger charge is 2.27. The number of hydrogen-bond donors (Lipinski definition) is 3. The normalized spacial score (nSPS) is 18.7. The average Bonchev–Trinajstić information content (AvgIpc) is 2.60. The van der Waals surface area contributed by atoms with Gasteiger partial charge in [0.2, 0.25) is 10.0 Å². The third kappa shape index (κ3) is 8.22. The zero-order chi connectivity index (χ0) is 19.4. The lowest BCUT2D eigenvalue weighted by Gasteiger charge is -2.32. The van der Waals surface area contributed by atoms with Crippen LogP contribution in [0.3, 0.4) is 0 Å². The second-order valence-electron chi connectivity index (χ2n) is 7.02. The highest BCUT2D eigenvalue weighted by molar-refractivity contribution is 7.89. The third-order valence-corrected chi connectivity index (χ3v) is 6.81. The van der Waals surface area contributed by atoms with E-state index in [1.165, 1.54) is 0 Å². The monoisotopic (exact) mass is 390 g/mol. The first-order valence-corrected chi connectivity index (χ1v) is 11.7. The van der Waals surface area contributed by atoms with Gasteiger partial charge in [0.1, 0.15) is 0 Å². The minimum atomic E-state index is -3.09. The molecule has 1 fully saturated rings. The van der Waals surface area contributed by atoms with Crippen LogP contribution in [0.15, 0.2) is 4.99 Å². The highest BCUT2D eigenvalue weighted by atomic mass is 32.2. The van der Waals surface area contributed by atoms with Crippen LogP contribution >= 0.6 is 0 Å². The summed E-state index contributed by atoms with van der Waals surface area (Å²) in [5.41, 5.74) is 0. The molecule has 0 bridgehead atoms. The van der Waals surface area contributed by atoms with Crippen molar-refractivity contribution < 1.29 is 13.5 Å². The minimum absolute atomic E-state index is 0.203. The van der Waals surface area contributed by atoms with E-state index in [-0.39, 0.29) is 18.4 Å². The molecule has 26 heavy (non-hydrogen) atoms. The van der Waals surface area contributed by atoms with E-state index >= 15 is 0 Å². The van der Waals surface area contributed by atoms with Crippen molar-refractivity contribution in [2.24, 2.45) is 10.9 Å². The molecule has 0 aromatic carbocycles. The number of aliphatic imine (C=N–C) groups is 1. The summed E-state index contributed by atoms with van der Waals surface area (Å²) in [6.45, 7) is 8.92. The molecule has 3 N–H and O–H groups in total. The summed E-state index contributed by atoms with van der Waals surface area (Å²) in [5.74, 6) is 1.43. The van der Waals surface area contributed by atoms with Gasteiger partial charge < -0.3 is 15.7 Å². The molecule has 0 aromatic heterocycles. The lowest BCUT2D eigenvalue weighted by atomic mass is 10.0. The van der Waals surface area contributed by atoms with Gasteiger partial charge in [-0.25, -0.2) is 12.7 Å². The Bertz CT molecular complexity index is 497. The second-order valence-corrected chi connectivity index (χ2v) is 9.11. The Morgan fingerprint density at radius 3 is 2.42 bits per heavy atom. The van der Waals surface area contributed by atoms with Crippen molar-refractivity contribution in [3.05, 3.63) is 0 Å². The molecule has 0 amide bonds. The number of hydrogen-bond acceptors (Lipinski definition) is 4. The summed E-state index contributed by atoms with van der Waals surface area (Å²) in [5, 5.41) is 15.9. The van der Waals surface area contributed by atoms with E-state index in [2.05, 4.69) is 17.6 Å². The maximum atomic E-state index is 12.2. The molecule has 0 aromatic rings. The summed E-state index contributed by atoms with van der Waals surface area (Å²) in [4.78, 5) is 4.69. The summed E-state index contributed by atoms with van der Waals surface area (Å²) in [6.07, 6.45) is 5.19. The van der Waals surface area contributed by atoms with E-state index in [9.17, 15) is 13.5 Å². The minimum Gasteiger partial charge on any atom is -0.396 e. The fraction of sp³-hybridized carbons (Fsp3) is 0.944. The van der Waals surface area contributed by atoms with Gasteiger partial charge in [-0.05, 0) is 44.9 Å². The van der Waals surface area contributed by atoms with E-state index < -0.39 is 10.0 Å². The van der Waals surface area contributed by atoms with Crippen LogP contribution in [0.2, 0.25) is 0 Å². The van der Waals surface area contributed by atoms with Gasteiger partial charge in [-0.3, -0.25) is 4.99 Å². The molecule has 1 aliphatic heterocycles. The molecular formula is C18H38N4O3S. The van der Waals surface area contributed by atoms with Gasteiger partial charge in [0.05, 0.1) is 5.75 Å². The van der Waals surface area contributed by atoms with Gasteiger partial charge >= 0.3 is 0 Å². The number of guanidine groups is 1. The van der Waals surface area contributed by atoms with Crippen LogP contribution in [0.25, 0.3) is 0 Å². The van der Waals surface area contributed by atoms with Crippen molar-refractivity contribution in [2.75, 3.05) is 38.5 Å². The van der Waals surface area contributed by atoms with Crippen LogP contribution in [-0.2, 0) is 10.0 Å². The molecule has 1 rings (SSSR count). The van der Waals surface area contributed by atoms with Crippen molar-refractivity contribution >= 4 is 16.0 Å². The van der Waals surface area contributed by atoms with Crippen molar-refractivity contribution in [2.45, 2.75) is 65.3 Å². The van der Waals surface area contributed by atoms with Crippen LogP contribution < -0.4 is 10.6 Å². The molecule has 0 aliphatic carbocycles. The fourth-order valence-corrected chi connectivity index (χ4v) is 4.86. The first kappa shape index (κ1) is 23.2. The quantitative estimate of drug-likeness (QED) is 0.368. The molecule has 1 heterocycles. The van der Waals surface area contributed by atoms with Gasteiger partial charge in [-0.2, -0.15) is 0 Å². The van der Waals surface area contributed by atoms with Crippen LogP contribution in [0, 0.1) is 5.92 Å². The van der Waals surface area contributed by atoms with E-state index in [1.54, 1.807) is 4.31 Å². The first-order chi connectivity index (χ1) is 12.5. The largest absolute Gasteiger partial charge is 0.396 e. The molecule has 0 radical (unpaired) electrons. The first-order valence-electron chi connectivity index (χ1n) is 10.1. The van der Waals surface area contributed by atoms with Crippen molar-refractivity contribution in [1.82, 2.24) is 14.9 Å². The van der Waals surface area contributed by atoms with Gasteiger partial charge in [0, 0.05) is 38.8 Å². The van der Waals surface area contributed by atoms with E-state index in [0.29, 0.717) is 32.0 Å². The molecule has 1 unspecified atom stereocenters. The van der Waals surface area contributed by atoms with Gasteiger partial charge in [0.15, 0.2) is 5.96 Å². The van der Waals surface area contributed by atoms with Gasteiger partial charge in [-0.1, -0.05) is 20.3 Å². The van der Waals surface area contributed by atoms with Crippen molar-refractivity contribution in [3.8, 4) is 0 Å². The van der Waals surface area contributed by atoms with Gasteiger partial charge in [-0.15, -0.1) is 0 Å². The Kier molecular flexibility index (Phi) is 11.2. The Morgan fingerprint density at radius 2 is 1.88 bits per heavy atom. The number of aliphatic hydroxyl groups excluding tert-OH is 1. The number of piperidine rings is 1. The zero-order valence-electron chi connectivity index (χ0n) is 16.7. The van der Waals surface area contributed by atoms with Crippen molar-refractivity contribution in [3.63, 3.8) is 0 Å². The topological polar surface area (TPSA) is 94.0 Å². The molecule has 0 saturated carbocycles. The summed E-state index contributed by atoms with van der Waals surface area (Å²) < 4.78 is 26.0. The average molecular weight is 391 g/mol. The number of nitrogens with zero attached hydrogens (tertiary/aromatic N) is 2. The molecule has 7 nitrogen and oxygen atoms in total. The molecular weight excluding hydrogens is 352 g/mol. The van der Waals surface area contributed by atoms with Crippen molar-refractivity contribution in [1.29, 1.82) is 0 Å². The maximum absolute atomic E-state index is 12.2. The molecule has 1 saturated heterocycles. The van der Waals surface area contributed by atoms with Crippen LogP contribution in [0.1, 0.15) is 59.3 Å². The van der Waals surface area contributed by atoms with E-state index in [4.69, 9.17) is 4.99 Å². The number of aliphatic hydroxyl groups is 1. The predicted molar refractivity (Wildman–Crippen MR) is 108 cm³/mol. The maximum Gasteiger partial charge on any atom is 0.214 e. The second kappa shape index (κ2) is 12.5. The smallest absolute Gasteiger partial charge is 0.214 e. The molecule has 1 aliphatic rings. The van der Waals surface area contributed by atoms with Crippen LogP contribution in [0.4, 0.5) is 0 Å². The molecule has 8 heteroatoms. The van der Waals surface area contributed by atoms with E-state index in [0.717, 1.165) is 44.6 Å². The fourth-order valence-electron chi connectivity index (χ4n) is 3.32. The standard InChI is InChI=1S/C18H38N4O3S/c1-4-7-16(10-13-23)15-20-18(19-6-3)21-17-8-11-22(12-9-17)26(24,25)14-5-2/h16-17,23H,4-15H2,1-3H3,(H2,19,20,21). The lowest BCUT2D eigenvalue weighted by molar-refractivity contribution is 0.253. The Balaban J connectivity index is 2.56. The summed E-state index contributed by atoms with van der Waals surface area (Å²) in [6, 6.07) is 0.239. The summed E-state index contributed by atoms with van der Waals surface area (Å²) in [7, 11) is -3.09. The molecule has 154 valence electrons. The Labute approximate surface area is 159 Å². The SMILES string of the molecule is CCCC(CCO)CN=C(NCC)NC1CCN(S(=O)(=O)CCC)CC1. The highest BCUT2D eigenvalue weighted by Crippen LogP contribution is 2.15. The predicted octanol–water partition coefficient (Wildman–Crippen LogP) is 1.54. The molecule has 0 spiro atoms. The van der Waals surface area contributed by atoms with Crippen LogP contribution in [-0.4, -0.2) is 68.4 Å². The number of rotatable bonds is 11. The number of nitrogens with one attached hydrogen (secondary N) is 2. The Hall–Kier alpha value is -0.860. The third-order valence-electron chi connectivity index (χ3n) is 4.74. The Morgan fingerprint density at radius 1 is 1.19 bits per heavy atom.